The molecule has 0 fully saturated rings. The van der Waals surface area contributed by atoms with Gasteiger partial charge in [-0.05, 0) is 49.2 Å². The monoisotopic (exact) mass is 514 g/mol. The molecule has 2 aromatic carbocycles. The van der Waals surface area contributed by atoms with E-state index in [1.54, 1.807) is 6.92 Å². The fourth-order valence-electron chi connectivity index (χ4n) is 4.60. The Kier molecular flexibility index (Phi) is 7.34. The number of nitrogens with zero attached hydrogens (tertiary/aromatic N) is 4. The number of allylic oxidation sites excluding steroid dienone is 1. The van der Waals surface area contributed by atoms with Gasteiger partial charge in [-0.2, -0.15) is 18.4 Å². The molecule has 1 aliphatic rings. The molecule has 194 valence electrons. The first-order chi connectivity index (χ1) is 17.3. The quantitative estimate of drug-likeness (QED) is 0.608. The van der Waals surface area contributed by atoms with E-state index in [4.69, 9.17) is 0 Å². The van der Waals surface area contributed by atoms with Gasteiger partial charge in [0.15, 0.2) is 0 Å². The Labute approximate surface area is 211 Å². The Morgan fingerprint density at radius 1 is 1.14 bits per heavy atom. The van der Waals surface area contributed by atoms with Gasteiger partial charge in [0.05, 0.1) is 28.5 Å². The molecule has 3 rings (SSSR count). The van der Waals surface area contributed by atoms with E-state index in [1.807, 2.05) is 6.07 Å². The highest BCUT2D eigenvalue weighted by atomic mass is 19.4. The van der Waals surface area contributed by atoms with E-state index >= 15 is 0 Å². The third kappa shape index (κ3) is 4.74. The maximum Gasteiger partial charge on any atom is 0.416 e. The number of carbonyl (C=O) groups excluding carboxylic acids is 2. The molecule has 0 saturated carbocycles. The summed E-state index contributed by atoms with van der Waals surface area (Å²) >= 11 is 0. The number of carbonyl (C=O) groups is 3. The number of aliphatic carboxylic acids is 1. The summed E-state index contributed by atoms with van der Waals surface area (Å²) < 4.78 is 40.3. The lowest BCUT2D eigenvalue weighted by atomic mass is 9.75. The van der Waals surface area contributed by atoms with Gasteiger partial charge in [-0.3, -0.25) is 9.69 Å². The zero-order chi connectivity index (χ0) is 27.7. The summed E-state index contributed by atoms with van der Waals surface area (Å²) in [4.78, 5) is 42.8. The summed E-state index contributed by atoms with van der Waals surface area (Å²) in [6, 6.07) is 11.1. The highest BCUT2D eigenvalue weighted by Gasteiger charge is 2.53. The van der Waals surface area contributed by atoms with Crippen LogP contribution in [0, 0.1) is 11.3 Å². The molecule has 0 aliphatic carbocycles. The summed E-state index contributed by atoms with van der Waals surface area (Å²) in [6.07, 6.45) is -4.67. The molecule has 8 nitrogen and oxygen atoms in total. The number of hydrogen-bond donors (Lipinski definition) is 1. The van der Waals surface area contributed by atoms with Crippen LogP contribution in [0.5, 0.6) is 0 Å². The Balaban J connectivity index is 2.38. The lowest BCUT2D eigenvalue weighted by Gasteiger charge is -2.50. The van der Waals surface area contributed by atoms with Gasteiger partial charge in [0.25, 0.3) is 0 Å². The zero-order valence-electron chi connectivity index (χ0n) is 20.6. The SMILES string of the molecule is CC[C@@]1(c2ccc(C#N)cc2)C(C(=O)O)=C(C)N(c2cccc(C(F)(F)F)c2)C(=O)N1CC(=O)N(C)C. The number of likely N-dealkylation sites (N-methyl/N-ethyl adjacent to an activating group) is 1. The first-order valence-electron chi connectivity index (χ1n) is 11.2. The molecule has 2 aromatic rings. The van der Waals surface area contributed by atoms with Crippen LogP contribution in [0.25, 0.3) is 0 Å². The van der Waals surface area contributed by atoms with Crippen LogP contribution in [0.15, 0.2) is 59.8 Å². The van der Waals surface area contributed by atoms with E-state index < -0.39 is 41.7 Å². The molecular weight excluding hydrogens is 489 g/mol. The Bertz CT molecular complexity index is 1310. The molecule has 1 aliphatic heterocycles. The van der Waals surface area contributed by atoms with Crippen molar-refractivity contribution in [3.05, 3.63) is 76.5 Å². The van der Waals surface area contributed by atoms with Crippen molar-refractivity contribution in [2.45, 2.75) is 32.0 Å². The summed E-state index contributed by atoms with van der Waals surface area (Å²) in [5.41, 5.74) is -2.57. The number of benzene rings is 2. The van der Waals surface area contributed by atoms with Crippen LogP contribution in [0.1, 0.15) is 37.0 Å². The van der Waals surface area contributed by atoms with Crippen molar-refractivity contribution >= 4 is 23.6 Å². The molecule has 11 heteroatoms. The predicted octanol–water partition coefficient (Wildman–Crippen LogP) is 4.57. The van der Waals surface area contributed by atoms with Gasteiger partial charge in [-0.15, -0.1) is 0 Å². The molecule has 0 unspecified atom stereocenters. The van der Waals surface area contributed by atoms with Crippen LogP contribution in [0.3, 0.4) is 0 Å². The largest absolute Gasteiger partial charge is 0.478 e. The third-order valence-corrected chi connectivity index (χ3v) is 6.43. The van der Waals surface area contributed by atoms with Crippen molar-refractivity contribution in [2.75, 3.05) is 25.5 Å². The van der Waals surface area contributed by atoms with Crippen molar-refractivity contribution in [2.24, 2.45) is 0 Å². The number of anilines is 1. The molecular formula is C26H25F3N4O4. The lowest BCUT2D eigenvalue weighted by Crippen LogP contribution is -2.62. The minimum absolute atomic E-state index is 0.0285. The van der Waals surface area contributed by atoms with E-state index in [-0.39, 0.29) is 23.4 Å². The number of alkyl halides is 3. The van der Waals surface area contributed by atoms with Gasteiger partial charge in [0.1, 0.15) is 12.1 Å². The van der Waals surface area contributed by atoms with Crippen LogP contribution < -0.4 is 4.90 Å². The van der Waals surface area contributed by atoms with Crippen molar-refractivity contribution in [3.63, 3.8) is 0 Å². The maximum absolute atomic E-state index is 14.0. The van der Waals surface area contributed by atoms with Gasteiger partial charge < -0.3 is 14.9 Å². The summed E-state index contributed by atoms with van der Waals surface area (Å²) in [5, 5.41) is 19.6. The summed E-state index contributed by atoms with van der Waals surface area (Å²) in [7, 11) is 2.94. The van der Waals surface area contributed by atoms with Crippen LogP contribution in [-0.4, -0.2) is 53.5 Å². The second-order valence-electron chi connectivity index (χ2n) is 8.71. The van der Waals surface area contributed by atoms with Crippen molar-refractivity contribution in [1.29, 1.82) is 5.26 Å². The Morgan fingerprint density at radius 2 is 1.76 bits per heavy atom. The highest BCUT2D eigenvalue weighted by Crippen LogP contribution is 2.47. The average molecular weight is 515 g/mol. The molecule has 0 radical (unpaired) electrons. The topological polar surface area (TPSA) is 105 Å². The highest BCUT2D eigenvalue weighted by molar-refractivity contribution is 6.05. The third-order valence-electron chi connectivity index (χ3n) is 6.43. The molecule has 37 heavy (non-hydrogen) atoms. The molecule has 0 bridgehead atoms. The summed E-state index contributed by atoms with van der Waals surface area (Å²) in [5.74, 6) is -1.93. The zero-order valence-corrected chi connectivity index (χ0v) is 20.6. The second-order valence-corrected chi connectivity index (χ2v) is 8.71. The van der Waals surface area contributed by atoms with E-state index in [0.717, 1.165) is 28.0 Å². The molecule has 0 aromatic heterocycles. The standard InChI is InChI=1S/C26H25F3N4O4/c1-5-25(18-11-9-17(14-30)10-12-18)22(23(35)36)16(2)33(24(37)32(25)15-21(34)31(3)4)20-8-6-7-19(13-20)26(27,28)29/h6-13H,5,15H2,1-4H3,(H,35,36)/t25-/m1/s1. The van der Waals surface area contributed by atoms with Gasteiger partial charge in [0, 0.05) is 19.8 Å². The van der Waals surface area contributed by atoms with Gasteiger partial charge >= 0.3 is 18.2 Å². The molecule has 0 spiro atoms. The number of carboxylic acids is 1. The van der Waals surface area contributed by atoms with Crippen molar-refractivity contribution in [3.8, 4) is 6.07 Å². The fraction of sp³-hybridized carbons (Fsp3) is 0.308. The minimum atomic E-state index is -4.70. The van der Waals surface area contributed by atoms with E-state index in [9.17, 15) is 37.9 Å². The molecule has 1 N–H and O–H groups in total. The van der Waals surface area contributed by atoms with Crippen LogP contribution in [-0.2, 0) is 21.3 Å². The van der Waals surface area contributed by atoms with Gasteiger partial charge in [-0.25, -0.2) is 9.59 Å². The number of carboxylic acid groups (broad SMARTS) is 1. The Morgan fingerprint density at radius 3 is 2.24 bits per heavy atom. The van der Waals surface area contributed by atoms with Gasteiger partial charge in [0.2, 0.25) is 5.91 Å². The molecule has 1 atom stereocenters. The predicted molar refractivity (Wildman–Crippen MR) is 128 cm³/mol. The number of amides is 3. The summed E-state index contributed by atoms with van der Waals surface area (Å²) in [6.45, 7) is 2.45. The van der Waals surface area contributed by atoms with E-state index in [0.29, 0.717) is 11.1 Å². The van der Waals surface area contributed by atoms with E-state index in [2.05, 4.69) is 0 Å². The number of hydrogen-bond acceptors (Lipinski definition) is 4. The average Bonchev–Trinajstić information content (AvgIpc) is 2.84. The maximum atomic E-state index is 14.0. The minimum Gasteiger partial charge on any atom is -0.478 e. The second kappa shape index (κ2) is 9.97. The molecule has 3 amide bonds. The fourth-order valence-corrected chi connectivity index (χ4v) is 4.60. The Hall–Kier alpha value is -4.33. The van der Waals surface area contributed by atoms with Gasteiger partial charge in [-0.1, -0.05) is 25.1 Å². The lowest BCUT2D eigenvalue weighted by molar-refractivity contribution is -0.137. The van der Waals surface area contributed by atoms with Crippen molar-refractivity contribution < 1.29 is 32.7 Å². The first kappa shape index (κ1) is 27.3. The van der Waals surface area contributed by atoms with Crippen LogP contribution >= 0.6 is 0 Å². The smallest absolute Gasteiger partial charge is 0.416 e. The number of halogens is 3. The van der Waals surface area contributed by atoms with Crippen LogP contribution in [0.4, 0.5) is 23.7 Å². The number of rotatable bonds is 6. The van der Waals surface area contributed by atoms with Crippen molar-refractivity contribution in [1.82, 2.24) is 9.80 Å². The van der Waals surface area contributed by atoms with E-state index in [1.165, 1.54) is 56.3 Å². The van der Waals surface area contributed by atoms with Crippen LogP contribution in [0.2, 0.25) is 0 Å². The number of nitriles is 1. The molecule has 0 saturated heterocycles. The molecule has 1 heterocycles. The normalized spacial score (nSPS) is 18.1. The first-order valence-corrected chi connectivity index (χ1v) is 11.2. The number of urea groups is 1.